The molecule has 3 N–H and O–H groups in total. The molecular weight excluding hydrogens is 334 g/mol. The standard InChI is InChI=1S/C20H19NO5/c1-10-5-4-6-15(11(10)2)21-17(23)9-14-12(3)13-7-8-16(22)18(24)19(13)26-20(14)25/h4-8,22,24H,9H2,1-3H3,(H,21,23). The number of rotatable bonds is 3. The van der Waals surface area contributed by atoms with Crippen molar-refractivity contribution in [3.63, 3.8) is 0 Å². The van der Waals surface area contributed by atoms with E-state index in [1.807, 2.05) is 26.0 Å². The van der Waals surface area contributed by atoms with Crippen LogP contribution in [0.2, 0.25) is 0 Å². The van der Waals surface area contributed by atoms with Crippen LogP contribution < -0.4 is 10.9 Å². The smallest absolute Gasteiger partial charge is 0.340 e. The zero-order chi connectivity index (χ0) is 19.0. The van der Waals surface area contributed by atoms with E-state index in [2.05, 4.69) is 5.32 Å². The van der Waals surface area contributed by atoms with Gasteiger partial charge in [0, 0.05) is 11.1 Å². The number of carbonyl (C=O) groups is 1. The molecule has 26 heavy (non-hydrogen) atoms. The van der Waals surface area contributed by atoms with Gasteiger partial charge in [-0.25, -0.2) is 4.79 Å². The van der Waals surface area contributed by atoms with Gasteiger partial charge in [0.1, 0.15) is 0 Å². The third kappa shape index (κ3) is 3.01. The molecule has 1 aromatic heterocycles. The van der Waals surface area contributed by atoms with Crippen LogP contribution in [0.1, 0.15) is 22.3 Å². The molecule has 3 rings (SSSR count). The SMILES string of the molecule is Cc1cccc(NC(=O)Cc2c(C)c3ccc(O)c(O)c3oc2=O)c1C. The first-order valence-corrected chi connectivity index (χ1v) is 8.13. The van der Waals surface area contributed by atoms with Crippen molar-refractivity contribution in [3.8, 4) is 11.5 Å². The van der Waals surface area contributed by atoms with Crippen molar-refractivity contribution in [1.82, 2.24) is 0 Å². The van der Waals surface area contributed by atoms with Gasteiger partial charge in [-0.05, 0) is 55.7 Å². The molecule has 1 heterocycles. The van der Waals surface area contributed by atoms with E-state index in [4.69, 9.17) is 4.42 Å². The first-order valence-electron chi connectivity index (χ1n) is 8.13. The van der Waals surface area contributed by atoms with Crippen LogP contribution >= 0.6 is 0 Å². The molecule has 134 valence electrons. The van der Waals surface area contributed by atoms with E-state index >= 15 is 0 Å². The Morgan fingerprint density at radius 2 is 1.81 bits per heavy atom. The Kier molecular flexibility index (Phi) is 4.42. The Hall–Kier alpha value is -3.28. The first-order chi connectivity index (χ1) is 12.3. The van der Waals surface area contributed by atoms with Crippen molar-refractivity contribution >= 4 is 22.6 Å². The largest absolute Gasteiger partial charge is 0.504 e. The molecule has 1 amide bonds. The molecule has 0 spiro atoms. The number of benzene rings is 2. The van der Waals surface area contributed by atoms with E-state index in [0.717, 1.165) is 11.1 Å². The van der Waals surface area contributed by atoms with Crippen molar-refractivity contribution in [2.75, 3.05) is 5.32 Å². The van der Waals surface area contributed by atoms with E-state index in [0.29, 0.717) is 16.6 Å². The van der Waals surface area contributed by atoms with Crippen LogP contribution in [0.3, 0.4) is 0 Å². The van der Waals surface area contributed by atoms with Gasteiger partial charge in [-0.1, -0.05) is 12.1 Å². The van der Waals surface area contributed by atoms with E-state index in [1.54, 1.807) is 13.0 Å². The summed E-state index contributed by atoms with van der Waals surface area (Å²) in [5.74, 6) is -1.20. The van der Waals surface area contributed by atoms with Gasteiger partial charge in [-0.3, -0.25) is 4.79 Å². The molecule has 0 aliphatic heterocycles. The first kappa shape index (κ1) is 17.5. The molecule has 0 atom stereocenters. The number of fused-ring (bicyclic) bond motifs is 1. The number of aryl methyl sites for hydroxylation is 2. The number of aromatic hydroxyl groups is 2. The quantitative estimate of drug-likeness (QED) is 0.495. The van der Waals surface area contributed by atoms with E-state index in [1.165, 1.54) is 12.1 Å². The topological polar surface area (TPSA) is 99.8 Å². The van der Waals surface area contributed by atoms with Gasteiger partial charge in [-0.15, -0.1) is 0 Å². The Morgan fingerprint density at radius 3 is 2.54 bits per heavy atom. The molecule has 0 aliphatic carbocycles. The summed E-state index contributed by atoms with van der Waals surface area (Å²) in [6.07, 6.45) is -0.154. The minimum absolute atomic E-state index is 0.0915. The number of anilines is 1. The molecular formula is C20H19NO5. The minimum atomic E-state index is -0.716. The Labute approximate surface area is 149 Å². The predicted octanol–water partition coefficient (Wildman–Crippen LogP) is 3.31. The van der Waals surface area contributed by atoms with E-state index in [-0.39, 0.29) is 29.2 Å². The van der Waals surface area contributed by atoms with E-state index in [9.17, 15) is 19.8 Å². The molecule has 0 saturated heterocycles. The predicted molar refractivity (Wildman–Crippen MR) is 98.8 cm³/mol. The van der Waals surface area contributed by atoms with Gasteiger partial charge in [-0.2, -0.15) is 0 Å². The normalized spacial score (nSPS) is 10.9. The van der Waals surface area contributed by atoms with Crippen LogP contribution in [-0.2, 0) is 11.2 Å². The lowest BCUT2D eigenvalue weighted by molar-refractivity contribution is -0.115. The third-order valence-corrected chi connectivity index (χ3v) is 4.62. The number of carbonyl (C=O) groups excluding carboxylic acids is 1. The van der Waals surface area contributed by atoms with Gasteiger partial charge in [0.25, 0.3) is 0 Å². The highest BCUT2D eigenvalue weighted by Gasteiger charge is 2.18. The number of amides is 1. The highest BCUT2D eigenvalue weighted by atomic mass is 16.4. The summed E-state index contributed by atoms with van der Waals surface area (Å²) in [4.78, 5) is 24.7. The number of phenolic OH excluding ortho intramolecular Hbond substituents is 2. The van der Waals surface area contributed by atoms with Gasteiger partial charge < -0.3 is 19.9 Å². The van der Waals surface area contributed by atoms with Crippen LogP contribution in [0.15, 0.2) is 39.5 Å². The average Bonchev–Trinajstić information content (AvgIpc) is 2.59. The molecule has 0 saturated carbocycles. The highest BCUT2D eigenvalue weighted by molar-refractivity contribution is 5.94. The van der Waals surface area contributed by atoms with Crippen LogP contribution in [0.4, 0.5) is 5.69 Å². The third-order valence-electron chi connectivity index (χ3n) is 4.62. The number of hydrogen-bond acceptors (Lipinski definition) is 5. The average molecular weight is 353 g/mol. The van der Waals surface area contributed by atoms with E-state index < -0.39 is 11.4 Å². The monoisotopic (exact) mass is 353 g/mol. The van der Waals surface area contributed by atoms with Crippen LogP contribution in [0, 0.1) is 20.8 Å². The molecule has 0 fully saturated rings. The van der Waals surface area contributed by atoms with Gasteiger partial charge >= 0.3 is 5.63 Å². The summed E-state index contributed by atoms with van der Waals surface area (Å²) in [6.45, 7) is 5.54. The van der Waals surface area contributed by atoms with Crippen LogP contribution in [-0.4, -0.2) is 16.1 Å². The lowest BCUT2D eigenvalue weighted by Gasteiger charge is -2.12. The number of phenols is 2. The molecule has 0 unspecified atom stereocenters. The summed E-state index contributed by atoms with van der Waals surface area (Å²) >= 11 is 0. The maximum Gasteiger partial charge on any atom is 0.340 e. The molecule has 0 aliphatic rings. The Morgan fingerprint density at radius 1 is 1.08 bits per heavy atom. The second-order valence-corrected chi connectivity index (χ2v) is 6.28. The molecule has 6 heteroatoms. The van der Waals surface area contributed by atoms with Crippen LogP contribution in [0.25, 0.3) is 11.0 Å². The van der Waals surface area contributed by atoms with Crippen molar-refractivity contribution in [2.45, 2.75) is 27.2 Å². The fraction of sp³-hybridized carbons (Fsp3) is 0.200. The van der Waals surface area contributed by atoms with Crippen LogP contribution in [0.5, 0.6) is 11.5 Å². The maximum absolute atomic E-state index is 12.4. The summed E-state index contributed by atoms with van der Waals surface area (Å²) in [6, 6.07) is 8.45. The summed E-state index contributed by atoms with van der Waals surface area (Å²) in [5, 5.41) is 22.7. The molecule has 0 bridgehead atoms. The zero-order valence-corrected chi connectivity index (χ0v) is 14.7. The highest BCUT2D eigenvalue weighted by Crippen LogP contribution is 2.34. The van der Waals surface area contributed by atoms with Crippen molar-refractivity contribution < 1.29 is 19.4 Å². The molecule has 0 radical (unpaired) electrons. The van der Waals surface area contributed by atoms with Crippen molar-refractivity contribution in [3.05, 3.63) is 63.0 Å². The lowest BCUT2D eigenvalue weighted by atomic mass is 10.0. The zero-order valence-electron chi connectivity index (χ0n) is 14.7. The van der Waals surface area contributed by atoms with Gasteiger partial charge in [0.15, 0.2) is 11.3 Å². The van der Waals surface area contributed by atoms with Crippen molar-refractivity contribution in [1.29, 1.82) is 0 Å². The maximum atomic E-state index is 12.4. The molecule has 2 aromatic carbocycles. The summed E-state index contributed by atoms with van der Waals surface area (Å²) in [7, 11) is 0. The second kappa shape index (κ2) is 6.55. The van der Waals surface area contributed by atoms with Gasteiger partial charge in [0.05, 0.1) is 12.0 Å². The van der Waals surface area contributed by atoms with Gasteiger partial charge in [0.2, 0.25) is 11.7 Å². The Balaban J connectivity index is 1.96. The fourth-order valence-corrected chi connectivity index (χ4v) is 2.88. The summed E-state index contributed by atoms with van der Waals surface area (Å²) < 4.78 is 5.13. The minimum Gasteiger partial charge on any atom is -0.504 e. The lowest BCUT2D eigenvalue weighted by Crippen LogP contribution is -2.21. The second-order valence-electron chi connectivity index (χ2n) is 6.28. The molecule has 3 aromatic rings. The number of nitrogens with one attached hydrogen (secondary N) is 1. The Bertz CT molecular complexity index is 1080. The molecule has 6 nitrogen and oxygen atoms in total. The van der Waals surface area contributed by atoms with Crippen molar-refractivity contribution in [2.24, 2.45) is 0 Å². The fourth-order valence-electron chi connectivity index (χ4n) is 2.88. The number of hydrogen-bond donors (Lipinski definition) is 3. The summed E-state index contributed by atoms with van der Waals surface area (Å²) in [5.41, 5.74) is 2.65.